The van der Waals surface area contributed by atoms with E-state index in [0.717, 1.165) is 6.54 Å². The Hall–Kier alpha value is -1.17. The van der Waals surface area contributed by atoms with Crippen molar-refractivity contribution in [3.05, 3.63) is 0 Å². The van der Waals surface area contributed by atoms with Crippen LogP contribution in [0.25, 0.3) is 0 Å². The van der Waals surface area contributed by atoms with E-state index in [4.69, 9.17) is 11.2 Å². The largest absolute Gasteiger partial charge is 0.444 e. The van der Waals surface area contributed by atoms with E-state index in [9.17, 15) is 4.79 Å². The molecule has 128 valence electrons. The Morgan fingerprint density at radius 2 is 1.82 bits per heavy atom. The number of terminal acetylenes is 1. The molecule has 0 rings (SSSR count). The van der Waals surface area contributed by atoms with Crippen LogP contribution < -0.4 is 16.0 Å². The van der Waals surface area contributed by atoms with Crippen LogP contribution in [0.5, 0.6) is 0 Å². The van der Waals surface area contributed by atoms with Gasteiger partial charge in [-0.2, -0.15) is 0 Å². The predicted molar refractivity (Wildman–Crippen MR) is 102 cm³/mol. The van der Waals surface area contributed by atoms with Gasteiger partial charge in [0.05, 0.1) is 18.6 Å². The molecule has 0 aliphatic carbocycles. The van der Waals surface area contributed by atoms with Gasteiger partial charge in [0.25, 0.3) is 0 Å². The van der Waals surface area contributed by atoms with Crippen molar-refractivity contribution >= 4 is 36.0 Å². The van der Waals surface area contributed by atoms with Crippen LogP contribution in [-0.2, 0) is 4.74 Å². The van der Waals surface area contributed by atoms with Crippen LogP contribution >= 0.6 is 24.0 Å². The zero-order chi connectivity index (χ0) is 16.5. The molecule has 0 aromatic rings. The summed E-state index contributed by atoms with van der Waals surface area (Å²) in [6, 6.07) is 0. The molecule has 0 atom stereocenters. The summed E-state index contributed by atoms with van der Waals surface area (Å²) in [7, 11) is 0. The van der Waals surface area contributed by atoms with Crippen LogP contribution in [0.2, 0.25) is 0 Å². The molecule has 7 heteroatoms. The lowest BCUT2D eigenvalue weighted by Gasteiger charge is -2.27. The van der Waals surface area contributed by atoms with Crippen LogP contribution in [0.3, 0.4) is 0 Å². The van der Waals surface area contributed by atoms with Crippen molar-refractivity contribution in [2.75, 3.05) is 19.6 Å². The molecular weight excluding hydrogens is 395 g/mol. The third kappa shape index (κ3) is 12.6. The Balaban J connectivity index is 0. The maximum Gasteiger partial charge on any atom is 0.408 e. The lowest BCUT2D eigenvalue weighted by atomic mass is 10.1. The highest BCUT2D eigenvalue weighted by atomic mass is 127. The normalized spacial score (nSPS) is 11.8. The topological polar surface area (TPSA) is 74.8 Å². The number of alkyl carbamates (subject to hydrolysis) is 1. The molecule has 0 spiro atoms. The highest BCUT2D eigenvalue weighted by Gasteiger charge is 2.24. The molecule has 0 aromatic carbocycles. The Labute approximate surface area is 151 Å². The molecular formula is C15H29IN4O2. The average molecular weight is 424 g/mol. The van der Waals surface area contributed by atoms with E-state index >= 15 is 0 Å². The first-order chi connectivity index (χ1) is 9.59. The summed E-state index contributed by atoms with van der Waals surface area (Å²) in [6.07, 6.45) is 4.76. The molecule has 0 heterocycles. The Bertz CT molecular complexity index is 409. The Morgan fingerprint density at radius 1 is 1.23 bits per heavy atom. The summed E-state index contributed by atoms with van der Waals surface area (Å²) in [5.74, 6) is 3.11. The first-order valence-electron chi connectivity index (χ1n) is 7.06. The molecule has 0 saturated carbocycles. The van der Waals surface area contributed by atoms with Gasteiger partial charge in [-0.05, 0) is 41.5 Å². The van der Waals surface area contributed by atoms with E-state index in [0.29, 0.717) is 19.0 Å². The minimum Gasteiger partial charge on any atom is -0.444 e. The smallest absolute Gasteiger partial charge is 0.408 e. The van der Waals surface area contributed by atoms with E-state index in [-0.39, 0.29) is 24.0 Å². The molecule has 0 aliphatic rings. The lowest BCUT2D eigenvalue weighted by molar-refractivity contribution is 0.0476. The number of guanidine groups is 1. The number of hydrogen-bond acceptors (Lipinski definition) is 3. The lowest BCUT2D eigenvalue weighted by Crippen LogP contribution is -2.48. The molecule has 3 N–H and O–H groups in total. The van der Waals surface area contributed by atoms with E-state index in [1.807, 2.05) is 41.5 Å². The summed E-state index contributed by atoms with van der Waals surface area (Å²) in [5.41, 5.74) is -1.05. The van der Waals surface area contributed by atoms with Crippen molar-refractivity contribution in [2.24, 2.45) is 4.99 Å². The molecule has 22 heavy (non-hydrogen) atoms. The van der Waals surface area contributed by atoms with Crippen LogP contribution in [0, 0.1) is 12.3 Å². The van der Waals surface area contributed by atoms with Gasteiger partial charge in [0.15, 0.2) is 5.96 Å². The minimum atomic E-state index is -0.527. The number of amides is 1. The fourth-order valence-corrected chi connectivity index (χ4v) is 1.37. The molecule has 0 bridgehead atoms. The molecule has 0 saturated heterocycles. The van der Waals surface area contributed by atoms with Gasteiger partial charge in [0, 0.05) is 6.54 Å². The van der Waals surface area contributed by atoms with Crippen LogP contribution in [0.15, 0.2) is 4.99 Å². The molecule has 1 amide bonds. The monoisotopic (exact) mass is 424 g/mol. The number of aliphatic imine (C=N–C) groups is 1. The predicted octanol–water partition coefficient (Wildman–Crippen LogP) is 2.10. The summed E-state index contributed by atoms with van der Waals surface area (Å²) in [6.45, 7) is 12.7. The molecule has 0 radical (unpaired) electrons. The fraction of sp³-hybridized carbons (Fsp3) is 0.733. The second-order valence-corrected chi connectivity index (χ2v) is 6.26. The third-order valence-electron chi connectivity index (χ3n) is 2.17. The average Bonchev–Trinajstić information content (AvgIpc) is 2.29. The zero-order valence-corrected chi connectivity index (χ0v) is 16.7. The van der Waals surface area contributed by atoms with Crippen LogP contribution in [-0.4, -0.2) is 42.8 Å². The van der Waals surface area contributed by atoms with Crippen LogP contribution in [0.1, 0.15) is 41.5 Å². The number of carbonyl (C=O) groups excluding carboxylic acids is 1. The maximum atomic E-state index is 11.8. The van der Waals surface area contributed by atoms with Gasteiger partial charge in [0.2, 0.25) is 0 Å². The second-order valence-electron chi connectivity index (χ2n) is 6.26. The summed E-state index contributed by atoms with van der Waals surface area (Å²) in [5, 5.41) is 8.88. The van der Waals surface area contributed by atoms with Gasteiger partial charge in [-0.1, -0.05) is 5.92 Å². The first kappa shape index (κ1) is 23.1. The van der Waals surface area contributed by atoms with E-state index in [1.54, 1.807) is 0 Å². The number of carbonyl (C=O) groups is 1. The maximum absolute atomic E-state index is 11.8. The molecule has 0 unspecified atom stereocenters. The van der Waals surface area contributed by atoms with Gasteiger partial charge >= 0.3 is 6.09 Å². The van der Waals surface area contributed by atoms with Gasteiger partial charge in [-0.25, -0.2) is 4.79 Å². The Morgan fingerprint density at radius 3 is 2.27 bits per heavy atom. The van der Waals surface area contributed by atoms with E-state index < -0.39 is 17.2 Å². The molecule has 6 nitrogen and oxygen atoms in total. The fourth-order valence-electron chi connectivity index (χ4n) is 1.37. The van der Waals surface area contributed by atoms with E-state index in [1.165, 1.54) is 0 Å². The van der Waals surface area contributed by atoms with Crippen LogP contribution in [0.4, 0.5) is 4.79 Å². The van der Waals surface area contributed by atoms with Crippen molar-refractivity contribution in [3.63, 3.8) is 0 Å². The van der Waals surface area contributed by atoms with Crippen molar-refractivity contribution in [3.8, 4) is 12.3 Å². The van der Waals surface area contributed by atoms with Gasteiger partial charge in [-0.15, -0.1) is 30.4 Å². The van der Waals surface area contributed by atoms with Crippen molar-refractivity contribution in [1.29, 1.82) is 0 Å². The van der Waals surface area contributed by atoms with Crippen molar-refractivity contribution < 1.29 is 9.53 Å². The molecule has 0 aromatic heterocycles. The number of rotatable bonds is 5. The number of nitrogens with one attached hydrogen (secondary N) is 3. The van der Waals surface area contributed by atoms with Crippen molar-refractivity contribution in [1.82, 2.24) is 16.0 Å². The highest BCUT2D eigenvalue weighted by molar-refractivity contribution is 14.0. The standard InChI is InChI=1S/C15H28N4O2.HI/c1-8-10-17-12(16-9-2)18-11-15(6,7)19-13(20)21-14(3,4)5;/h1H,9-11H2,2-7H3,(H,19,20)(H2,16,17,18);1H. The van der Waals surface area contributed by atoms with Gasteiger partial charge in [-0.3, -0.25) is 4.99 Å². The number of ether oxygens (including phenoxy) is 1. The summed E-state index contributed by atoms with van der Waals surface area (Å²) < 4.78 is 5.24. The number of hydrogen-bond donors (Lipinski definition) is 3. The summed E-state index contributed by atoms with van der Waals surface area (Å²) >= 11 is 0. The minimum absolute atomic E-state index is 0. The first-order valence-corrected chi connectivity index (χ1v) is 7.06. The molecule has 0 fully saturated rings. The Kier molecular flexibility index (Phi) is 11.1. The SMILES string of the molecule is C#CCNC(=NCC(C)(C)NC(=O)OC(C)(C)C)NCC.I. The van der Waals surface area contributed by atoms with E-state index in [2.05, 4.69) is 26.9 Å². The van der Waals surface area contributed by atoms with Gasteiger partial charge < -0.3 is 20.7 Å². The zero-order valence-electron chi connectivity index (χ0n) is 14.4. The van der Waals surface area contributed by atoms with Gasteiger partial charge in [0.1, 0.15) is 5.60 Å². The second kappa shape index (κ2) is 10.5. The third-order valence-corrected chi connectivity index (χ3v) is 2.17. The highest BCUT2D eigenvalue weighted by Crippen LogP contribution is 2.09. The number of halogens is 1. The molecule has 0 aliphatic heterocycles. The number of nitrogens with zero attached hydrogens (tertiary/aromatic N) is 1. The quantitative estimate of drug-likeness (QED) is 0.274. The van der Waals surface area contributed by atoms with Crippen molar-refractivity contribution in [2.45, 2.75) is 52.7 Å². The summed E-state index contributed by atoms with van der Waals surface area (Å²) in [4.78, 5) is 16.2.